The van der Waals surface area contributed by atoms with Crippen LogP contribution in [0.2, 0.25) is 0 Å². The molecule has 0 aliphatic heterocycles. The summed E-state index contributed by atoms with van der Waals surface area (Å²) in [5.41, 5.74) is 0. The monoisotopic (exact) mass is 316 g/mol. The molecular formula is C4H3ClHgN2. The summed E-state index contributed by atoms with van der Waals surface area (Å²) in [6.07, 6.45) is 3.45. The summed E-state index contributed by atoms with van der Waals surface area (Å²) in [6.45, 7) is 0. The van der Waals surface area contributed by atoms with Gasteiger partial charge in [0.25, 0.3) is 0 Å². The van der Waals surface area contributed by atoms with Gasteiger partial charge < -0.3 is 0 Å². The van der Waals surface area contributed by atoms with Crippen molar-refractivity contribution in [2.24, 2.45) is 0 Å². The van der Waals surface area contributed by atoms with E-state index in [4.69, 9.17) is 8.25 Å². The average Bonchev–Trinajstić information content (AvgIpc) is 1.90. The van der Waals surface area contributed by atoms with Gasteiger partial charge in [-0.25, -0.2) is 0 Å². The molecule has 0 radical (unpaired) electrons. The molecule has 8 heavy (non-hydrogen) atoms. The predicted octanol–water partition coefficient (Wildman–Crippen LogP) is 0.338. The van der Waals surface area contributed by atoms with Crippen molar-refractivity contribution in [1.82, 2.24) is 9.97 Å². The third-order valence-corrected chi connectivity index (χ3v) is 5.19. The predicted molar refractivity (Wildman–Crippen MR) is 27.5 cm³/mol. The topological polar surface area (TPSA) is 25.8 Å². The quantitative estimate of drug-likeness (QED) is 0.699. The van der Waals surface area contributed by atoms with Gasteiger partial charge in [0.1, 0.15) is 0 Å². The van der Waals surface area contributed by atoms with Crippen LogP contribution in [0.1, 0.15) is 0 Å². The zero-order chi connectivity index (χ0) is 5.82. The van der Waals surface area contributed by atoms with E-state index in [0.29, 0.717) is 0 Å². The molecule has 1 aromatic heterocycles. The second kappa shape index (κ2) is 3.35. The van der Waals surface area contributed by atoms with Crippen LogP contribution in [-0.2, 0) is 23.3 Å². The molecule has 0 aliphatic carbocycles. The molecule has 0 saturated carbocycles. The molecule has 0 aliphatic rings. The van der Waals surface area contributed by atoms with E-state index in [0.717, 1.165) is 3.33 Å². The number of nitrogens with zero attached hydrogens (tertiary/aromatic N) is 2. The third-order valence-electron chi connectivity index (χ3n) is 0.739. The van der Waals surface area contributed by atoms with Crippen LogP contribution in [0.3, 0.4) is 0 Å². The summed E-state index contributed by atoms with van der Waals surface area (Å²) in [7, 11) is 5.62. The van der Waals surface area contributed by atoms with Crippen molar-refractivity contribution in [3.05, 3.63) is 18.5 Å². The van der Waals surface area contributed by atoms with Crippen molar-refractivity contribution in [2.75, 3.05) is 0 Å². The summed E-state index contributed by atoms with van der Waals surface area (Å²) in [6, 6.07) is 1.80. The van der Waals surface area contributed by atoms with Gasteiger partial charge in [0.05, 0.1) is 0 Å². The Morgan fingerprint density at radius 2 is 2.00 bits per heavy atom. The SMILES string of the molecule is [Cl][Hg][c]1ncccn1. The number of hydrogen-bond acceptors (Lipinski definition) is 2. The van der Waals surface area contributed by atoms with E-state index in [1.807, 2.05) is 0 Å². The molecule has 2 nitrogen and oxygen atoms in total. The first kappa shape index (κ1) is 6.43. The molecule has 38 valence electrons. The fraction of sp³-hybridized carbons (Fsp3) is 0. The fourth-order valence-electron chi connectivity index (χ4n) is 0.399. The van der Waals surface area contributed by atoms with E-state index < -0.39 is 23.3 Å². The van der Waals surface area contributed by atoms with Crippen LogP contribution in [-0.4, -0.2) is 9.97 Å². The molecule has 1 heterocycles. The molecule has 0 aromatic carbocycles. The molecule has 0 N–H and O–H groups in total. The van der Waals surface area contributed by atoms with Crippen molar-refractivity contribution in [1.29, 1.82) is 0 Å². The van der Waals surface area contributed by atoms with Crippen molar-refractivity contribution in [2.45, 2.75) is 0 Å². The minimum atomic E-state index is -1.29. The van der Waals surface area contributed by atoms with E-state index >= 15 is 0 Å². The van der Waals surface area contributed by atoms with Crippen molar-refractivity contribution < 1.29 is 23.3 Å². The van der Waals surface area contributed by atoms with E-state index in [-0.39, 0.29) is 0 Å². The maximum atomic E-state index is 5.62. The standard InChI is InChI=1S/C4H3N2.ClH.Hg/c1-2-5-4-6-3-1;;/h1-3H;1H;/q;;+1/p-1. The first-order valence-corrected chi connectivity index (χ1v) is 11.8. The second-order valence-electron chi connectivity index (χ2n) is 1.30. The zero-order valence-electron chi connectivity index (χ0n) is 4.21. The van der Waals surface area contributed by atoms with Gasteiger partial charge >= 0.3 is 63.4 Å². The summed E-state index contributed by atoms with van der Waals surface area (Å²) in [4.78, 5) is 7.91. The van der Waals surface area contributed by atoms with E-state index in [1.54, 1.807) is 18.5 Å². The van der Waals surface area contributed by atoms with Crippen LogP contribution in [0, 0.1) is 0 Å². The van der Waals surface area contributed by atoms with Crippen molar-refractivity contribution in [3.8, 4) is 0 Å². The second-order valence-corrected chi connectivity index (χ2v) is 7.14. The number of hydrogen-bond donors (Lipinski definition) is 0. The molecule has 0 saturated heterocycles. The molecule has 0 fully saturated rings. The molecule has 1 aromatic rings. The number of rotatable bonds is 1. The Morgan fingerprint density at radius 3 is 2.38 bits per heavy atom. The van der Waals surface area contributed by atoms with Gasteiger partial charge in [0.2, 0.25) is 0 Å². The van der Waals surface area contributed by atoms with Gasteiger partial charge in [0.15, 0.2) is 0 Å². The summed E-state index contributed by atoms with van der Waals surface area (Å²) in [5.74, 6) is 0. The van der Waals surface area contributed by atoms with Gasteiger partial charge in [-0.1, -0.05) is 0 Å². The molecule has 0 amide bonds. The van der Waals surface area contributed by atoms with Crippen LogP contribution in [0.4, 0.5) is 0 Å². The molecule has 0 bridgehead atoms. The van der Waals surface area contributed by atoms with Gasteiger partial charge in [-0.3, -0.25) is 0 Å². The molecule has 0 atom stereocenters. The van der Waals surface area contributed by atoms with Gasteiger partial charge in [-0.15, -0.1) is 0 Å². The fourth-order valence-corrected chi connectivity index (χ4v) is 2.97. The summed E-state index contributed by atoms with van der Waals surface area (Å²) < 4.78 is 0.897. The Hall–Kier alpha value is 0.305. The molecule has 1 rings (SSSR count). The minimum absolute atomic E-state index is 0.897. The molecule has 4 heteroatoms. The van der Waals surface area contributed by atoms with Crippen LogP contribution in [0.15, 0.2) is 18.5 Å². The first-order valence-electron chi connectivity index (χ1n) is 2.25. The third kappa shape index (κ3) is 1.67. The Bertz CT molecular complexity index is 155. The zero-order valence-corrected chi connectivity index (χ0v) is 10.5. The normalized spacial score (nSPS) is 8.12. The maximum absolute atomic E-state index is 5.62. The van der Waals surface area contributed by atoms with Crippen molar-refractivity contribution >= 4 is 11.6 Å². The van der Waals surface area contributed by atoms with E-state index in [9.17, 15) is 0 Å². The van der Waals surface area contributed by atoms with Crippen LogP contribution < -0.4 is 3.33 Å². The molecular weight excluding hydrogens is 312 g/mol. The van der Waals surface area contributed by atoms with Crippen LogP contribution >= 0.6 is 8.25 Å². The van der Waals surface area contributed by atoms with Gasteiger partial charge in [-0.2, -0.15) is 0 Å². The van der Waals surface area contributed by atoms with Crippen LogP contribution in [0.25, 0.3) is 0 Å². The Morgan fingerprint density at radius 1 is 1.38 bits per heavy atom. The van der Waals surface area contributed by atoms with Crippen LogP contribution in [0.5, 0.6) is 0 Å². The molecule has 0 unspecified atom stereocenters. The van der Waals surface area contributed by atoms with Crippen molar-refractivity contribution in [3.63, 3.8) is 0 Å². The Labute approximate surface area is 63.2 Å². The summed E-state index contributed by atoms with van der Waals surface area (Å²) in [5, 5.41) is 0. The number of aromatic nitrogens is 2. The first-order chi connectivity index (χ1) is 3.93. The van der Waals surface area contributed by atoms with E-state index in [1.165, 1.54) is 0 Å². The van der Waals surface area contributed by atoms with Gasteiger partial charge in [-0.05, 0) is 0 Å². The van der Waals surface area contributed by atoms with E-state index in [2.05, 4.69) is 9.97 Å². The Balaban J connectivity index is 2.83. The Kier molecular flexibility index (Phi) is 2.69. The van der Waals surface area contributed by atoms with Gasteiger partial charge in [0, 0.05) is 0 Å². The number of halogens is 1. The molecule has 0 spiro atoms. The summed E-state index contributed by atoms with van der Waals surface area (Å²) >= 11 is -1.29. The average molecular weight is 315 g/mol.